The molecular formula is C28H28O15. The molecule has 0 aromatic heterocycles. The third-order valence-corrected chi connectivity index (χ3v) is 6.46. The lowest BCUT2D eigenvalue weighted by atomic mass is 9.99. The van der Waals surface area contributed by atoms with E-state index in [1.807, 2.05) is 0 Å². The highest BCUT2D eigenvalue weighted by molar-refractivity contribution is 5.92. The first-order valence-electron chi connectivity index (χ1n) is 12.6. The second-order valence-corrected chi connectivity index (χ2v) is 9.49. The molecule has 4 rings (SSSR count). The van der Waals surface area contributed by atoms with E-state index in [1.165, 1.54) is 12.1 Å². The van der Waals surface area contributed by atoms with E-state index in [9.17, 15) is 55.5 Å². The second kappa shape index (κ2) is 13.0. The molecule has 0 spiro atoms. The van der Waals surface area contributed by atoms with Crippen molar-refractivity contribution >= 4 is 11.9 Å². The molecule has 5 unspecified atom stereocenters. The highest BCUT2D eigenvalue weighted by Gasteiger charge is 2.44. The molecule has 1 fully saturated rings. The van der Waals surface area contributed by atoms with Crippen molar-refractivity contribution in [2.24, 2.45) is 0 Å². The Morgan fingerprint density at radius 2 is 1.21 bits per heavy atom. The molecule has 0 aliphatic carbocycles. The van der Waals surface area contributed by atoms with Gasteiger partial charge in [0, 0.05) is 0 Å². The van der Waals surface area contributed by atoms with Gasteiger partial charge in [0.15, 0.2) is 40.8 Å². The average molecular weight is 605 g/mol. The lowest BCUT2D eigenvalue weighted by molar-refractivity contribution is -0.300. The van der Waals surface area contributed by atoms with Crippen LogP contribution in [0.25, 0.3) is 0 Å². The fourth-order valence-electron chi connectivity index (χ4n) is 4.06. The predicted octanol–water partition coefficient (Wildman–Crippen LogP) is 0.363. The molecule has 1 aliphatic heterocycles. The van der Waals surface area contributed by atoms with Crippen LogP contribution in [0.5, 0.6) is 40.2 Å². The van der Waals surface area contributed by atoms with Crippen LogP contribution in [0.15, 0.2) is 48.5 Å². The molecule has 0 bridgehead atoms. The number of aliphatic hydroxyl groups is 3. The van der Waals surface area contributed by atoms with E-state index in [0.717, 1.165) is 24.3 Å². The summed E-state index contributed by atoms with van der Waals surface area (Å²) in [5, 5.41) is 87.9. The molecule has 3 aromatic rings. The SMILES string of the molecule is O=C(OCC1OC(OCCc2ccc(OC(=O)c3cc(O)c(O)c(O)c3)cc2)C(O)C(O)C1O)c1cc(O)c(O)c(O)c1. The van der Waals surface area contributed by atoms with Crippen molar-refractivity contribution < 1.29 is 74.5 Å². The van der Waals surface area contributed by atoms with Gasteiger partial charge in [-0.2, -0.15) is 0 Å². The Morgan fingerprint density at radius 1 is 0.698 bits per heavy atom. The molecule has 1 aliphatic rings. The summed E-state index contributed by atoms with van der Waals surface area (Å²) < 4.78 is 21.2. The van der Waals surface area contributed by atoms with E-state index in [4.69, 9.17) is 18.9 Å². The summed E-state index contributed by atoms with van der Waals surface area (Å²) in [6, 6.07) is 9.72. The van der Waals surface area contributed by atoms with Crippen LogP contribution in [-0.2, 0) is 20.6 Å². The Labute approximate surface area is 242 Å². The summed E-state index contributed by atoms with van der Waals surface area (Å²) in [6.07, 6.45) is -7.48. The van der Waals surface area contributed by atoms with Crippen LogP contribution in [0.3, 0.4) is 0 Å². The number of esters is 2. The Bertz CT molecular complexity index is 1430. The number of benzene rings is 3. The largest absolute Gasteiger partial charge is 0.504 e. The molecule has 0 radical (unpaired) electrons. The quantitative estimate of drug-likeness (QED) is 0.0908. The summed E-state index contributed by atoms with van der Waals surface area (Å²) >= 11 is 0. The summed E-state index contributed by atoms with van der Waals surface area (Å²) in [6.45, 7) is -0.635. The van der Waals surface area contributed by atoms with Crippen molar-refractivity contribution in [2.45, 2.75) is 37.1 Å². The molecule has 43 heavy (non-hydrogen) atoms. The zero-order valence-corrected chi connectivity index (χ0v) is 22.1. The summed E-state index contributed by atoms with van der Waals surface area (Å²) in [5.74, 6) is -6.32. The summed E-state index contributed by atoms with van der Waals surface area (Å²) in [4.78, 5) is 24.6. The van der Waals surface area contributed by atoms with Gasteiger partial charge in [0.25, 0.3) is 0 Å². The molecule has 5 atom stereocenters. The molecular weight excluding hydrogens is 576 g/mol. The van der Waals surface area contributed by atoms with E-state index in [0.29, 0.717) is 5.56 Å². The minimum absolute atomic E-state index is 0.0334. The van der Waals surface area contributed by atoms with Crippen LogP contribution in [0.4, 0.5) is 0 Å². The van der Waals surface area contributed by atoms with Crippen molar-refractivity contribution in [1.82, 2.24) is 0 Å². The first-order chi connectivity index (χ1) is 20.3. The maximum atomic E-state index is 12.3. The minimum atomic E-state index is -1.71. The lowest BCUT2D eigenvalue weighted by Gasteiger charge is -2.40. The van der Waals surface area contributed by atoms with Crippen molar-refractivity contribution in [3.63, 3.8) is 0 Å². The van der Waals surface area contributed by atoms with Crippen LogP contribution in [0.2, 0.25) is 0 Å². The Balaban J connectivity index is 1.28. The van der Waals surface area contributed by atoms with Gasteiger partial charge in [0.1, 0.15) is 36.8 Å². The van der Waals surface area contributed by atoms with Gasteiger partial charge in [-0.3, -0.25) is 0 Å². The number of aromatic hydroxyl groups is 6. The number of aliphatic hydroxyl groups excluding tert-OH is 3. The van der Waals surface area contributed by atoms with E-state index < -0.39 is 83.7 Å². The number of phenols is 6. The number of hydrogen-bond donors (Lipinski definition) is 9. The Hall–Kier alpha value is -4.80. The normalized spacial score (nSPS) is 21.7. The third-order valence-electron chi connectivity index (χ3n) is 6.46. The van der Waals surface area contributed by atoms with Crippen LogP contribution in [0, 0.1) is 0 Å². The molecule has 3 aromatic carbocycles. The van der Waals surface area contributed by atoms with E-state index in [-0.39, 0.29) is 29.9 Å². The van der Waals surface area contributed by atoms with E-state index >= 15 is 0 Å². The van der Waals surface area contributed by atoms with Gasteiger partial charge in [0.2, 0.25) is 0 Å². The monoisotopic (exact) mass is 604 g/mol. The van der Waals surface area contributed by atoms with Crippen LogP contribution < -0.4 is 4.74 Å². The number of phenolic OH excluding ortho intramolecular Hbond substituents is 6. The van der Waals surface area contributed by atoms with Gasteiger partial charge < -0.3 is 64.9 Å². The standard InChI is InChI=1S/C28H28O15/c29-16-7-13(8-17(30)21(16)33)26(38)41-11-20-23(35)24(36)25(37)28(43-20)40-6-5-12-1-3-15(4-2-12)42-27(39)14-9-18(31)22(34)19(32)10-14/h1-4,7-10,20,23-25,28-37H,5-6,11H2. The highest BCUT2D eigenvalue weighted by atomic mass is 16.7. The zero-order chi connectivity index (χ0) is 31.4. The molecule has 15 nitrogen and oxygen atoms in total. The fourth-order valence-corrected chi connectivity index (χ4v) is 4.06. The topological polar surface area (TPSA) is 253 Å². The highest BCUT2D eigenvalue weighted by Crippen LogP contribution is 2.36. The second-order valence-electron chi connectivity index (χ2n) is 9.49. The van der Waals surface area contributed by atoms with Crippen LogP contribution in [0.1, 0.15) is 26.3 Å². The first-order valence-corrected chi connectivity index (χ1v) is 12.6. The van der Waals surface area contributed by atoms with E-state index in [1.54, 1.807) is 12.1 Å². The third kappa shape index (κ3) is 7.17. The van der Waals surface area contributed by atoms with Gasteiger partial charge in [0.05, 0.1) is 17.7 Å². The summed E-state index contributed by atoms with van der Waals surface area (Å²) in [5.41, 5.74) is 0.193. The maximum Gasteiger partial charge on any atom is 0.343 e. The van der Waals surface area contributed by atoms with Gasteiger partial charge in [-0.15, -0.1) is 0 Å². The first kappa shape index (κ1) is 31.1. The number of carbonyl (C=O) groups is 2. The Kier molecular flexibility index (Phi) is 9.43. The van der Waals surface area contributed by atoms with E-state index in [2.05, 4.69) is 0 Å². The maximum absolute atomic E-state index is 12.3. The lowest BCUT2D eigenvalue weighted by Crippen LogP contribution is -2.59. The van der Waals surface area contributed by atoms with Gasteiger partial charge in [-0.25, -0.2) is 9.59 Å². The van der Waals surface area contributed by atoms with Crippen LogP contribution in [-0.4, -0.2) is 102 Å². The van der Waals surface area contributed by atoms with Gasteiger partial charge in [-0.05, 0) is 48.4 Å². The van der Waals surface area contributed by atoms with Crippen molar-refractivity contribution in [2.75, 3.05) is 13.2 Å². The molecule has 15 heteroatoms. The predicted molar refractivity (Wildman–Crippen MR) is 141 cm³/mol. The van der Waals surface area contributed by atoms with Gasteiger partial charge >= 0.3 is 11.9 Å². The zero-order valence-electron chi connectivity index (χ0n) is 22.1. The minimum Gasteiger partial charge on any atom is -0.504 e. The molecule has 9 N–H and O–H groups in total. The Morgan fingerprint density at radius 3 is 1.74 bits per heavy atom. The van der Waals surface area contributed by atoms with Crippen molar-refractivity contribution in [3.05, 3.63) is 65.2 Å². The van der Waals surface area contributed by atoms with Gasteiger partial charge in [-0.1, -0.05) is 12.1 Å². The number of hydrogen-bond acceptors (Lipinski definition) is 15. The molecule has 0 amide bonds. The smallest absolute Gasteiger partial charge is 0.343 e. The van der Waals surface area contributed by atoms with Crippen molar-refractivity contribution in [1.29, 1.82) is 0 Å². The van der Waals surface area contributed by atoms with Crippen LogP contribution >= 0.6 is 0 Å². The molecule has 1 heterocycles. The molecule has 230 valence electrons. The number of ether oxygens (including phenoxy) is 4. The molecule has 1 saturated heterocycles. The average Bonchev–Trinajstić information content (AvgIpc) is 2.98. The molecule has 0 saturated carbocycles. The number of carbonyl (C=O) groups excluding carboxylic acids is 2. The fraction of sp³-hybridized carbons (Fsp3) is 0.286. The van der Waals surface area contributed by atoms with Crippen molar-refractivity contribution in [3.8, 4) is 40.2 Å². The summed E-state index contributed by atoms with van der Waals surface area (Å²) in [7, 11) is 0. The number of rotatable bonds is 9.